The van der Waals surface area contributed by atoms with Gasteiger partial charge in [-0.2, -0.15) is 0 Å². The fourth-order valence-electron chi connectivity index (χ4n) is 1.51. The molecule has 7 heteroatoms. The Morgan fingerprint density at radius 1 is 1.37 bits per heavy atom. The second kappa shape index (κ2) is 6.51. The van der Waals surface area contributed by atoms with Gasteiger partial charge in [0.25, 0.3) is 5.91 Å². The number of carbonyl (C=O) groups excluding carboxylic acids is 1. The van der Waals surface area contributed by atoms with Crippen LogP contribution in [0.1, 0.15) is 28.8 Å². The lowest BCUT2D eigenvalue weighted by Gasteiger charge is -2.12. The predicted molar refractivity (Wildman–Crippen MR) is 72.4 cm³/mol. The Morgan fingerprint density at radius 3 is 2.53 bits per heavy atom. The van der Waals surface area contributed by atoms with Gasteiger partial charge in [-0.1, -0.05) is 6.92 Å². The van der Waals surface area contributed by atoms with Crippen molar-refractivity contribution in [2.24, 2.45) is 5.92 Å². The highest BCUT2D eigenvalue weighted by molar-refractivity contribution is 7.98. The molecule has 0 aliphatic rings. The molecule has 1 unspecified atom stereocenters. The summed E-state index contributed by atoms with van der Waals surface area (Å²) in [4.78, 5) is 31.2. The summed E-state index contributed by atoms with van der Waals surface area (Å²) in [7, 11) is 0. The highest BCUT2D eigenvalue weighted by atomic mass is 32.2. The molecule has 1 atom stereocenters. The van der Waals surface area contributed by atoms with Crippen LogP contribution in [0.2, 0.25) is 0 Å². The number of aryl methyl sites for hydroxylation is 2. The first-order chi connectivity index (χ1) is 8.86. The molecule has 0 aliphatic heterocycles. The number of rotatable bonds is 5. The standard InChI is InChI=1S/C12H17N3O3S/c1-6(12(17)18)5-13-10(16)9-7(2)14-8(3)15-11(9)19-4/h6H,5H2,1-4H3,(H,13,16)(H,17,18). The lowest BCUT2D eigenvalue weighted by Crippen LogP contribution is -2.32. The van der Waals surface area contributed by atoms with Gasteiger partial charge in [-0.25, -0.2) is 9.97 Å². The van der Waals surface area contributed by atoms with Crippen LogP contribution in [0.4, 0.5) is 0 Å². The molecule has 0 spiro atoms. The first-order valence-corrected chi connectivity index (χ1v) is 6.99. The number of amides is 1. The average Bonchev–Trinajstić information content (AvgIpc) is 2.34. The van der Waals surface area contributed by atoms with Crippen molar-refractivity contribution in [3.8, 4) is 0 Å². The van der Waals surface area contributed by atoms with E-state index in [0.717, 1.165) is 0 Å². The number of aromatic nitrogens is 2. The van der Waals surface area contributed by atoms with Crippen molar-refractivity contribution in [1.82, 2.24) is 15.3 Å². The number of nitrogens with zero attached hydrogens (tertiary/aromatic N) is 2. The minimum absolute atomic E-state index is 0.0787. The Bertz CT molecular complexity index is 505. The van der Waals surface area contributed by atoms with Gasteiger partial charge in [-0.3, -0.25) is 9.59 Å². The Labute approximate surface area is 116 Å². The zero-order valence-electron chi connectivity index (χ0n) is 11.4. The third-order valence-corrected chi connectivity index (χ3v) is 3.26. The van der Waals surface area contributed by atoms with E-state index < -0.39 is 11.9 Å². The Kier molecular flexibility index (Phi) is 5.29. The third kappa shape index (κ3) is 3.92. The van der Waals surface area contributed by atoms with Crippen LogP contribution >= 0.6 is 11.8 Å². The van der Waals surface area contributed by atoms with Crippen LogP contribution in [0.25, 0.3) is 0 Å². The van der Waals surface area contributed by atoms with E-state index in [0.29, 0.717) is 22.1 Å². The first kappa shape index (κ1) is 15.4. The van der Waals surface area contributed by atoms with Gasteiger partial charge in [-0.15, -0.1) is 11.8 Å². The summed E-state index contributed by atoms with van der Waals surface area (Å²) in [5.41, 5.74) is 1.01. The number of thioether (sulfide) groups is 1. The van der Waals surface area contributed by atoms with E-state index in [9.17, 15) is 9.59 Å². The van der Waals surface area contributed by atoms with E-state index in [1.807, 2.05) is 6.26 Å². The molecule has 0 radical (unpaired) electrons. The lowest BCUT2D eigenvalue weighted by molar-refractivity contribution is -0.140. The molecule has 0 fully saturated rings. The number of hydrogen-bond acceptors (Lipinski definition) is 5. The summed E-state index contributed by atoms with van der Waals surface area (Å²) in [6.07, 6.45) is 1.83. The Morgan fingerprint density at radius 2 is 2.00 bits per heavy atom. The first-order valence-electron chi connectivity index (χ1n) is 5.77. The average molecular weight is 283 g/mol. The van der Waals surface area contributed by atoms with Crippen molar-refractivity contribution >= 4 is 23.6 Å². The van der Waals surface area contributed by atoms with Gasteiger partial charge < -0.3 is 10.4 Å². The maximum absolute atomic E-state index is 12.1. The predicted octanol–water partition coefficient (Wildman–Crippen LogP) is 1.27. The number of nitrogens with one attached hydrogen (secondary N) is 1. The highest BCUT2D eigenvalue weighted by Crippen LogP contribution is 2.20. The van der Waals surface area contributed by atoms with E-state index >= 15 is 0 Å². The molecule has 1 amide bonds. The molecule has 104 valence electrons. The van der Waals surface area contributed by atoms with Gasteiger partial charge in [0, 0.05) is 6.54 Å². The molecule has 0 saturated heterocycles. The van der Waals surface area contributed by atoms with Crippen LogP contribution < -0.4 is 5.32 Å². The molecule has 2 N–H and O–H groups in total. The number of aliphatic carboxylic acids is 1. The van der Waals surface area contributed by atoms with Crippen molar-refractivity contribution in [3.05, 3.63) is 17.1 Å². The topological polar surface area (TPSA) is 92.2 Å². The number of carbonyl (C=O) groups is 2. The Balaban J connectivity index is 2.91. The SMILES string of the molecule is CSc1nc(C)nc(C)c1C(=O)NCC(C)C(=O)O. The maximum atomic E-state index is 12.1. The third-order valence-electron chi connectivity index (χ3n) is 2.58. The van der Waals surface area contributed by atoms with E-state index in [4.69, 9.17) is 5.11 Å². The molecule has 0 bridgehead atoms. The van der Waals surface area contributed by atoms with E-state index in [2.05, 4.69) is 15.3 Å². The van der Waals surface area contributed by atoms with Crippen molar-refractivity contribution < 1.29 is 14.7 Å². The van der Waals surface area contributed by atoms with Gasteiger partial charge in [0.05, 0.1) is 17.2 Å². The zero-order chi connectivity index (χ0) is 14.6. The second-order valence-corrected chi connectivity index (χ2v) is 4.98. The summed E-state index contributed by atoms with van der Waals surface area (Å²) in [5, 5.41) is 12.0. The molecule has 19 heavy (non-hydrogen) atoms. The molecule has 0 aromatic carbocycles. The van der Waals surface area contributed by atoms with E-state index in [1.165, 1.54) is 18.7 Å². The largest absolute Gasteiger partial charge is 0.481 e. The molecule has 0 aliphatic carbocycles. The fraction of sp³-hybridized carbons (Fsp3) is 0.500. The van der Waals surface area contributed by atoms with Crippen molar-refractivity contribution in [3.63, 3.8) is 0 Å². The van der Waals surface area contributed by atoms with Gasteiger partial charge >= 0.3 is 5.97 Å². The maximum Gasteiger partial charge on any atom is 0.308 e. The Hall–Kier alpha value is -1.63. The molecule has 1 aromatic heterocycles. The van der Waals surface area contributed by atoms with E-state index in [-0.39, 0.29) is 12.5 Å². The molecular formula is C12H17N3O3S. The molecule has 0 saturated carbocycles. The van der Waals surface area contributed by atoms with Gasteiger partial charge in [-0.05, 0) is 20.1 Å². The molecular weight excluding hydrogens is 266 g/mol. The minimum atomic E-state index is -0.942. The van der Waals surface area contributed by atoms with Crippen molar-refractivity contribution in [2.75, 3.05) is 12.8 Å². The van der Waals surface area contributed by atoms with Crippen LogP contribution in [-0.2, 0) is 4.79 Å². The normalized spacial score (nSPS) is 12.0. The fourth-order valence-corrected chi connectivity index (χ4v) is 2.18. The summed E-state index contributed by atoms with van der Waals surface area (Å²) >= 11 is 1.36. The summed E-state index contributed by atoms with van der Waals surface area (Å²) in [5.74, 6) is -1.30. The molecule has 1 aromatic rings. The summed E-state index contributed by atoms with van der Waals surface area (Å²) < 4.78 is 0. The van der Waals surface area contributed by atoms with Crippen LogP contribution in [0.3, 0.4) is 0 Å². The van der Waals surface area contributed by atoms with Crippen LogP contribution in [0, 0.1) is 19.8 Å². The van der Waals surface area contributed by atoms with E-state index in [1.54, 1.807) is 13.8 Å². The zero-order valence-corrected chi connectivity index (χ0v) is 12.2. The quantitative estimate of drug-likeness (QED) is 0.624. The van der Waals surface area contributed by atoms with Crippen molar-refractivity contribution in [2.45, 2.75) is 25.8 Å². The molecule has 1 rings (SSSR count). The minimum Gasteiger partial charge on any atom is -0.481 e. The van der Waals surface area contributed by atoms with Crippen molar-refractivity contribution in [1.29, 1.82) is 0 Å². The van der Waals surface area contributed by atoms with Crippen LogP contribution in [0.15, 0.2) is 5.03 Å². The summed E-state index contributed by atoms with van der Waals surface area (Å²) in [6, 6.07) is 0. The molecule has 1 heterocycles. The number of carboxylic acids is 1. The van der Waals surface area contributed by atoms with Crippen LogP contribution in [-0.4, -0.2) is 39.8 Å². The number of hydrogen-bond donors (Lipinski definition) is 2. The smallest absolute Gasteiger partial charge is 0.308 e. The number of carboxylic acid groups (broad SMARTS) is 1. The lowest BCUT2D eigenvalue weighted by atomic mass is 10.1. The highest BCUT2D eigenvalue weighted by Gasteiger charge is 2.19. The van der Waals surface area contributed by atoms with Gasteiger partial charge in [0.2, 0.25) is 0 Å². The molecule has 6 nitrogen and oxygen atoms in total. The van der Waals surface area contributed by atoms with Crippen LogP contribution in [0.5, 0.6) is 0 Å². The van der Waals surface area contributed by atoms with Gasteiger partial charge in [0.15, 0.2) is 0 Å². The second-order valence-electron chi connectivity index (χ2n) is 4.19. The monoisotopic (exact) mass is 283 g/mol. The summed E-state index contributed by atoms with van der Waals surface area (Å²) in [6.45, 7) is 5.12. The van der Waals surface area contributed by atoms with Gasteiger partial charge in [0.1, 0.15) is 10.9 Å².